The summed E-state index contributed by atoms with van der Waals surface area (Å²) >= 11 is 0. The Bertz CT molecular complexity index is 581. The van der Waals surface area contributed by atoms with E-state index in [2.05, 4.69) is 17.1 Å². The third-order valence-corrected chi connectivity index (χ3v) is 5.31. The molecule has 1 fully saturated rings. The van der Waals surface area contributed by atoms with Crippen molar-refractivity contribution in [3.05, 3.63) is 24.3 Å². The molecule has 0 amide bonds. The van der Waals surface area contributed by atoms with Gasteiger partial charge in [-0.25, -0.2) is 8.42 Å². The van der Waals surface area contributed by atoms with E-state index in [1.807, 2.05) is 0 Å². The number of rotatable bonds is 6. The lowest BCUT2D eigenvalue weighted by molar-refractivity contribution is 0.0990. The summed E-state index contributed by atoms with van der Waals surface area (Å²) in [6.07, 6.45) is 3.04. The van der Waals surface area contributed by atoms with E-state index in [1.165, 1.54) is 19.1 Å². The van der Waals surface area contributed by atoms with Gasteiger partial charge in [-0.3, -0.25) is 0 Å². The first-order chi connectivity index (χ1) is 10.4. The van der Waals surface area contributed by atoms with E-state index in [0.717, 1.165) is 19.0 Å². The van der Waals surface area contributed by atoms with Crippen molar-refractivity contribution in [3.63, 3.8) is 0 Å². The van der Waals surface area contributed by atoms with Gasteiger partial charge in [0.15, 0.2) is 9.84 Å². The molecular formula is C16H26N2O3S. The number of β-amino-alcohol motifs (C(OH)–C–C–N with tert-alkyl or cyclic N) is 1. The molecule has 1 aromatic rings. The molecule has 1 saturated heterocycles. The molecule has 1 aliphatic rings. The van der Waals surface area contributed by atoms with Crippen molar-refractivity contribution in [2.45, 2.75) is 30.8 Å². The van der Waals surface area contributed by atoms with E-state index < -0.39 is 15.9 Å². The number of nitrogens with one attached hydrogen (secondary N) is 1. The molecule has 0 radical (unpaired) electrons. The number of benzene rings is 1. The van der Waals surface area contributed by atoms with Crippen LogP contribution >= 0.6 is 0 Å². The molecule has 1 aromatic carbocycles. The zero-order valence-corrected chi connectivity index (χ0v) is 14.1. The largest absolute Gasteiger partial charge is 0.390 e. The number of para-hydroxylation sites is 1. The summed E-state index contributed by atoms with van der Waals surface area (Å²) in [4.78, 5) is 2.54. The van der Waals surface area contributed by atoms with E-state index in [4.69, 9.17) is 0 Å². The average Bonchev–Trinajstić information content (AvgIpc) is 2.47. The summed E-state index contributed by atoms with van der Waals surface area (Å²) in [5, 5.41) is 13.2. The maximum absolute atomic E-state index is 11.7. The van der Waals surface area contributed by atoms with Crippen molar-refractivity contribution in [1.82, 2.24) is 4.90 Å². The zero-order valence-electron chi connectivity index (χ0n) is 13.3. The number of anilines is 1. The molecule has 0 saturated carbocycles. The molecule has 1 heterocycles. The molecule has 0 bridgehead atoms. The first-order valence-electron chi connectivity index (χ1n) is 7.79. The Morgan fingerprint density at radius 2 is 1.95 bits per heavy atom. The van der Waals surface area contributed by atoms with Gasteiger partial charge in [0.05, 0.1) is 16.7 Å². The van der Waals surface area contributed by atoms with Gasteiger partial charge in [-0.1, -0.05) is 19.1 Å². The number of likely N-dealkylation sites (tertiary alicyclic amines) is 1. The fraction of sp³-hybridized carbons (Fsp3) is 0.625. The monoisotopic (exact) mass is 326 g/mol. The van der Waals surface area contributed by atoms with Crippen molar-refractivity contribution < 1.29 is 13.5 Å². The summed E-state index contributed by atoms with van der Waals surface area (Å²) in [5.74, 6) is 0.771. The van der Waals surface area contributed by atoms with Gasteiger partial charge in [0, 0.05) is 19.3 Å². The fourth-order valence-electron chi connectivity index (χ4n) is 2.77. The molecule has 0 unspecified atom stereocenters. The standard InChI is InChI=1S/C16H26N2O3S/c1-13-7-9-18(10-8-13)12-14(19)11-17-15-5-3-4-6-16(15)22(2,20)21/h3-6,13-14,17,19H,7-12H2,1-2H3/t14-/m1/s1. The molecule has 1 aliphatic heterocycles. The van der Waals surface area contributed by atoms with Crippen LogP contribution in [0.5, 0.6) is 0 Å². The second-order valence-electron chi connectivity index (χ2n) is 6.29. The summed E-state index contributed by atoms with van der Waals surface area (Å²) in [5.41, 5.74) is 0.552. The van der Waals surface area contributed by atoms with Crippen LogP contribution in [0.15, 0.2) is 29.2 Å². The molecule has 22 heavy (non-hydrogen) atoms. The first-order valence-corrected chi connectivity index (χ1v) is 9.69. The topological polar surface area (TPSA) is 69.6 Å². The summed E-state index contributed by atoms with van der Waals surface area (Å²) in [6.45, 7) is 5.28. The summed E-state index contributed by atoms with van der Waals surface area (Å²) in [7, 11) is -3.27. The van der Waals surface area contributed by atoms with Crippen LogP contribution in [0.2, 0.25) is 0 Å². The van der Waals surface area contributed by atoms with Gasteiger partial charge >= 0.3 is 0 Å². The smallest absolute Gasteiger partial charge is 0.177 e. The Balaban J connectivity index is 1.88. The zero-order chi connectivity index (χ0) is 16.2. The average molecular weight is 326 g/mol. The van der Waals surface area contributed by atoms with Crippen LogP contribution in [0.3, 0.4) is 0 Å². The molecule has 2 rings (SSSR count). The fourth-order valence-corrected chi connectivity index (χ4v) is 3.64. The van der Waals surface area contributed by atoms with Crippen LogP contribution < -0.4 is 5.32 Å². The molecule has 0 aliphatic carbocycles. The highest BCUT2D eigenvalue weighted by atomic mass is 32.2. The van der Waals surface area contributed by atoms with Gasteiger partial charge in [-0.15, -0.1) is 0 Å². The third-order valence-electron chi connectivity index (χ3n) is 4.16. The van der Waals surface area contributed by atoms with Crippen LogP contribution in [0, 0.1) is 5.92 Å². The van der Waals surface area contributed by atoms with Crippen molar-refractivity contribution in [2.75, 3.05) is 37.8 Å². The highest BCUT2D eigenvalue weighted by molar-refractivity contribution is 7.90. The molecule has 0 spiro atoms. The Kier molecular flexibility index (Phi) is 5.83. The van der Waals surface area contributed by atoms with E-state index in [0.29, 0.717) is 18.8 Å². The minimum atomic E-state index is -3.27. The first kappa shape index (κ1) is 17.2. The molecule has 5 nitrogen and oxygen atoms in total. The number of piperidine rings is 1. The van der Waals surface area contributed by atoms with Crippen LogP contribution in [-0.2, 0) is 9.84 Å². The van der Waals surface area contributed by atoms with E-state index >= 15 is 0 Å². The van der Waals surface area contributed by atoms with Crippen LogP contribution in [0.4, 0.5) is 5.69 Å². The Hall–Kier alpha value is -1.11. The number of nitrogens with zero attached hydrogens (tertiary/aromatic N) is 1. The van der Waals surface area contributed by atoms with Gasteiger partial charge in [-0.05, 0) is 44.0 Å². The Morgan fingerprint density at radius 3 is 2.59 bits per heavy atom. The van der Waals surface area contributed by atoms with Crippen molar-refractivity contribution in [3.8, 4) is 0 Å². The van der Waals surface area contributed by atoms with Crippen molar-refractivity contribution >= 4 is 15.5 Å². The number of aliphatic hydroxyl groups excluding tert-OH is 1. The van der Waals surface area contributed by atoms with Crippen molar-refractivity contribution in [1.29, 1.82) is 0 Å². The van der Waals surface area contributed by atoms with Crippen molar-refractivity contribution in [2.24, 2.45) is 5.92 Å². The van der Waals surface area contributed by atoms with Crippen LogP contribution in [-0.4, -0.2) is 57.0 Å². The highest BCUT2D eigenvalue weighted by Gasteiger charge is 2.19. The van der Waals surface area contributed by atoms with Crippen LogP contribution in [0.25, 0.3) is 0 Å². The number of hydrogen-bond donors (Lipinski definition) is 2. The second kappa shape index (κ2) is 7.44. The molecule has 124 valence electrons. The maximum Gasteiger partial charge on any atom is 0.177 e. The van der Waals surface area contributed by atoms with Gasteiger partial charge < -0.3 is 15.3 Å². The second-order valence-corrected chi connectivity index (χ2v) is 8.27. The van der Waals surface area contributed by atoms with Gasteiger partial charge in [0.25, 0.3) is 0 Å². The van der Waals surface area contributed by atoms with Crippen LogP contribution in [0.1, 0.15) is 19.8 Å². The Labute approximate surface area is 133 Å². The Morgan fingerprint density at radius 1 is 1.32 bits per heavy atom. The third kappa shape index (κ3) is 4.97. The lowest BCUT2D eigenvalue weighted by atomic mass is 9.99. The minimum absolute atomic E-state index is 0.272. The SMILES string of the molecule is CC1CCN(C[C@H](O)CNc2ccccc2S(C)(=O)=O)CC1. The van der Waals surface area contributed by atoms with Gasteiger partial charge in [-0.2, -0.15) is 0 Å². The quantitative estimate of drug-likeness (QED) is 0.831. The molecule has 0 aromatic heterocycles. The number of sulfone groups is 1. The van der Waals surface area contributed by atoms with E-state index in [9.17, 15) is 13.5 Å². The van der Waals surface area contributed by atoms with Gasteiger partial charge in [0.1, 0.15) is 0 Å². The predicted molar refractivity (Wildman–Crippen MR) is 88.9 cm³/mol. The molecule has 6 heteroatoms. The normalized spacial score (nSPS) is 19.0. The maximum atomic E-state index is 11.7. The number of hydrogen-bond acceptors (Lipinski definition) is 5. The van der Waals surface area contributed by atoms with Gasteiger partial charge in [0.2, 0.25) is 0 Å². The molecule has 2 N–H and O–H groups in total. The lowest BCUT2D eigenvalue weighted by Crippen LogP contribution is -2.40. The van der Waals surface area contributed by atoms with E-state index in [1.54, 1.807) is 24.3 Å². The molecule has 1 atom stereocenters. The summed E-state index contributed by atoms with van der Waals surface area (Å²) < 4.78 is 23.5. The molecular weight excluding hydrogens is 300 g/mol. The minimum Gasteiger partial charge on any atom is -0.390 e. The predicted octanol–water partition coefficient (Wildman–Crippen LogP) is 1.59. The summed E-state index contributed by atoms with van der Waals surface area (Å²) in [6, 6.07) is 6.80. The van der Waals surface area contributed by atoms with E-state index in [-0.39, 0.29) is 4.90 Å². The lowest BCUT2D eigenvalue weighted by Gasteiger charge is -2.31. The highest BCUT2D eigenvalue weighted by Crippen LogP contribution is 2.20. The number of aliphatic hydroxyl groups is 1.